The van der Waals surface area contributed by atoms with Crippen LogP contribution in [0.1, 0.15) is 28.7 Å². The highest BCUT2D eigenvalue weighted by Gasteiger charge is 2.16. The van der Waals surface area contributed by atoms with Gasteiger partial charge < -0.3 is 19.2 Å². The molecule has 0 atom stereocenters. The largest absolute Gasteiger partial charge is 0.493 e. The van der Waals surface area contributed by atoms with Gasteiger partial charge in [-0.25, -0.2) is 4.98 Å². The van der Waals surface area contributed by atoms with Crippen molar-refractivity contribution in [3.05, 3.63) is 71.6 Å². The number of carbonyl (C=O) groups is 2. The Hall–Kier alpha value is -3.61. The number of hydrogen-bond donors (Lipinski definition) is 1. The second-order valence-electron chi connectivity index (χ2n) is 6.16. The highest BCUT2D eigenvalue weighted by atomic mass is 16.5. The lowest BCUT2D eigenvalue weighted by atomic mass is 10.2. The van der Waals surface area contributed by atoms with Crippen LogP contribution in [-0.2, 0) is 16.1 Å². The lowest BCUT2D eigenvalue weighted by molar-refractivity contribution is -0.143. The minimum atomic E-state index is -0.573. The third-order valence-corrected chi connectivity index (χ3v) is 4.11. The fraction of sp³-hybridized carbons (Fsp3) is 0.227. The van der Waals surface area contributed by atoms with E-state index >= 15 is 0 Å². The molecule has 0 aliphatic carbocycles. The second-order valence-corrected chi connectivity index (χ2v) is 6.16. The first-order valence-electron chi connectivity index (χ1n) is 9.26. The second kappa shape index (κ2) is 9.54. The van der Waals surface area contributed by atoms with Gasteiger partial charge in [0.25, 0.3) is 5.91 Å². The van der Waals surface area contributed by atoms with E-state index in [0.29, 0.717) is 35.3 Å². The number of rotatable bonds is 8. The first kappa shape index (κ1) is 20.1. The van der Waals surface area contributed by atoms with E-state index in [1.165, 1.54) is 0 Å². The summed E-state index contributed by atoms with van der Waals surface area (Å²) in [7, 11) is 0. The Morgan fingerprint density at radius 2 is 1.79 bits per heavy atom. The molecule has 7 heteroatoms. The van der Waals surface area contributed by atoms with E-state index in [9.17, 15) is 9.59 Å². The molecule has 0 aliphatic heterocycles. The standard InChI is InChI=1S/C22H22N2O5/c1-3-27-19-12-8-7-11-17(19)21(26)23-13-20(25)28-14-18-15(2)29-22(24-18)16-9-5-4-6-10-16/h4-12H,3,13-14H2,1-2H3,(H,23,26). The summed E-state index contributed by atoms with van der Waals surface area (Å²) >= 11 is 0. The normalized spacial score (nSPS) is 10.4. The molecule has 0 saturated heterocycles. The van der Waals surface area contributed by atoms with Crippen LogP contribution >= 0.6 is 0 Å². The van der Waals surface area contributed by atoms with E-state index in [2.05, 4.69) is 10.3 Å². The van der Waals surface area contributed by atoms with Gasteiger partial charge in [0.2, 0.25) is 5.89 Å². The number of carbonyl (C=O) groups excluding carboxylic acids is 2. The maximum Gasteiger partial charge on any atom is 0.325 e. The number of oxazole rings is 1. The Kier molecular flexibility index (Phi) is 6.63. The van der Waals surface area contributed by atoms with Crippen molar-refractivity contribution in [1.29, 1.82) is 0 Å². The average Bonchev–Trinajstić information content (AvgIpc) is 3.12. The molecule has 1 N–H and O–H groups in total. The summed E-state index contributed by atoms with van der Waals surface area (Å²) < 4.78 is 16.3. The van der Waals surface area contributed by atoms with Crippen LogP contribution in [-0.4, -0.2) is 30.0 Å². The molecular weight excluding hydrogens is 372 g/mol. The van der Waals surface area contributed by atoms with E-state index in [4.69, 9.17) is 13.9 Å². The molecule has 2 aromatic carbocycles. The molecule has 7 nitrogen and oxygen atoms in total. The lowest BCUT2D eigenvalue weighted by Gasteiger charge is -2.10. The summed E-state index contributed by atoms with van der Waals surface area (Å²) in [6.07, 6.45) is 0. The summed E-state index contributed by atoms with van der Waals surface area (Å²) in [5.74, 6) is 0.528. The number of amides is 1. The Labute approximate surface area is 168 Å². The van der Waals surface area contributed by atoms with Crippen molar-refractivity contribution in [3.63, 3.8) is 0 Å². The molecule has 0 radical (unpaired) electrons. The van der Waals surface area contributed by atoms with E-state index in [-0.39, 0.29) is 13.2 Å². The van der Waals surface area contributed by atoms with Gasteiger partial charge in [0.15, 0.2) is 0 Å². The average molecular weight is 394 g/mol. The van der Waals surface area contributed by atoms with Crippen molar-refractivity contribution in [2.45, 2.75) is 20.5 Å². The molecule has 0 saturated carbocycles. The van der Waals surface area contributed by atoms with Crippen molar-refractivity contribution in [1.82, 2.24) is 10.3 Å². The van der Waals surface area contributed by atoms with Crippen LogP contribution in [0.25, 0.3) is 11.5 Å². The predicted octanol–water partition coefficient (Wildman–Crippen LogP) is 3.52. The molecule has 0 spiro atoms. The third-order valence-electron chi connectivity index (χ3n) is 4.11. The molecule has 0 unspecified atom stereocenters. The number of aryl methyl sites for hydroxylation is 1. The van der Waals surface area contributed by atoms with Crippen molar-refractivity contribution < 1.29 is 23.5 Å². The quantitative estimate of drug-likeness (QED) is 0.588. The maximum absolute atomic E-state index is 12.3. The Bertz CT molecular complexity index is 982. The van der Waals surface area contributed by atoms with E-state index in [0.717, 1.165) is 5.56 Å². The van der Waals surface area contributed by atoms with Crippen LogP contribution in [0.4, 0.5) is 0 Å². The summed E-state index contributed by atoms with van der Waals surface area (Å²) in [6.45, 7) is 3.73. The number of ether oxygens (including phenoxy) is 2. The highest BCUT2D eigenvalue weighted by Crippen LogP contribution is 2.22. The van der Waals surface area contributed by atoms with Crippen LogP contribution in [0, 0.1) is 6.92 Å². The molecule has 0 fully saturated rings. The van der Waals surface area contributed by atoms with Gasteiger partial charge in [-0.1, -0.05) is 30.3 Å². The van der Waals surface area contributed by atoms with Crippen molar-refractivity contribution in [2.75, 3.05) is 13.2 Å². The molecule has 1 aromatic heterocycles. The fourth-order valence-corrected chi connectivity index (χ4v) is 2.65. The van der Waals surface area contributed by atoms with Crippen LogP contribution < -0.4 is 10.1 Å². The molecule has 3 aromatic rings. The topological polar surface area (TPSA) is 90.7 Å². The first-order chi connectivity index (χ1) is 14.1. The number of benzene rings is 2. The minimum Gasteiger partial charge on any atom is -0.493 e. The zero-order valence-corrected chi connectivity index (χ0v) is 16.3. The summed E-state index contributed by atoms with van der Waals surface area (Å²) in [5.41, 5.74) is 1.74. The Morgan fingerprint density at radius 3 is 2.55 bits per heavy atom. The van der Waals surface area contributed by atoms with E-state index in [1.54, 1.807) is 31.2 Å². The Balaban J connectivity index is 1.53. The third kappa shape index (κ3) is 5.22. The zero-order chi connectivity index (χ0) is 20.6. The van der Waals surface area contributed by atoms with Crippen molar-refractivity contribution in [2.24, 2.45) is 0 Å². The van der Waals surface area contributed by atoms with Gasteiger partial charge in [0.05, 0.1) is 12.2 Å². The Morgan fingerprint density at radius 1 is 1.07 bits per heavy atom. The molecular formula is C22H22N2O5. The number of aromatic nitrogens is 1. The predicted molar refractivity (Wildman–Crippen MR) is 106 cm³/mol. The van der Waals surface area contributed by atoms with E-state index in [1.807, 2.05) is 37.3 Å². The molecule has 1 heterocycles. The lowest BCUT2D eigenvalue weighted by Crippen LogP contribution is -2.30. The number of nitrogens with zero attached hydrogens (tertiary/aromatic N) is 1. The fourth-order valence-electron chi connectivity index (χ4n) is 2.65. The highest BCUT2D eigenvalue weighted by molar-refractivity contribution is 5.98. The van der Waals surface area contributed by atoms with E-state index < -0.39 is 11.9 Å². The van der Waals surface area contributed by atoms with Gasteiger partial charge in [-0.15, -0.1) is 0 Å². The minimum absolute atomic E-state index is 0.0353. The monoisotopic (exact) mass is 394 g/mol. The van der Waals surface area contributed by atoms with Crippen LogP contribution in [0.3, 0.4) is 0 Å². The number of esters is 1. The zero-order valence-electron chi connectivity index (χ0n) is 16.3. The number of hydrogen-bond acceptors (Lipinski definition) is 6. The molecule has 29 heavy (non-hydrogen) atoms. The molecule has 1 amide bonds. The molecule has 0 aliphatic rings. The molecule has 3 rings (SSSR count). The molecule has 150 valence electrons. The van der Waals surface area contributed by atoms with Gasteiger partial charge in [-0.2, -0.15) is 0 Å². The summed E-state index contributed by atoms with van der Waals surface area (Å²) in [5, 5.41) is 2.54. The van der Waals surface area contributed by atoms with Crippen molar-refractivity contribution >= 4 is 11.9 Å². The molecule has 0 bridgehead atoms. The van der Waals surface area contributed by atoms with Gasteiger partial charge >= 0.3 is 5.97 Å². The SMILES string of the molecule is CCOc1ccccc1C(=O)NCC(=O)OCc1nc(-c2ccccc2)oc1C. The van der Waals surface area contributed by atoms with Gasteiger partial charge in [0.1, 0.15) is 30.4 Å². The summed E-state index contributed by atoms with van der Waals surface area (Å²) in [4.78, 5) is 28.7. The van der Waals surface area contributed by atoms with Crippen LogP contribution in [0.15, 0.2) is 59.0 Å². The van der Waals surface area contributed by atoms with Gasteiger partial charge in [-0.05, 0) is 38.1 Å². The number of nitrogens with one attached hydrogen (secondary N) is 1. The summed E-state index contributed by atoms with van der Waals surface area (Å²) in [6, 6.07) is 16.3. The maximum atomic E-state index is 12.3. The van der Waals surface area contributed by atoms with Crippen LogP contribution in [0.5, 0.6) is 5.75 Å². The number of para-hydroxylation sites is 1. The van der Waals surface area contributed by atoms with Crippen molar-refractivity contribution in [3.8, 4) is 17.2 Å². The smallest absolute Gasteiger partial charge is 0.325 e. The van der Waals surface area contributed by atoms with Gasteiger partial charge in [-0.3, -0.25) is 9.59 Å². The van der Waals surface area contributed by atoms with Crippen LogP contribution in [0.2, 0.25) is 0 Å². The van der Waals surface area contributed by atoms with Gasteiger partial charge in [0, 0.05) is 5.56 Å². The first-order valence-corrected chi connectivity index (χ1v) is 9.26.